The molecule has 112 valence electrons. The summed E-state index contributed by atoms with van der Waals surface area (Å²) in [5, 5.41) is 6.28. The Morgan fingerprint density at radius 1 is 1.26 bits per heavy atom. The smallest absolute Gasteiger partial charge is 0.234 e. The first kappa shape index (κ1) is 16.4. The van der Waals surface area contributed by atoms with E-state index >= 15 is 0 Å². The van der Waals surface area contributed by atoms with Gasteiger partial charge in [0.2, 0.25) is 5.91 Å². The first-order valence-electron chi connectivity index (χ1n) is 7.67. The molecule has 0 saturated carbocycles. The first-order valence-corrected chi connectivity index (χ1v) is 7.67. The summed E-state index contributed by atoms with van der Waals surface area (Å²) in [6.07, 6.45) is 3.80. The SMILES string of the molecule is CC(C)C(C)NC(=O)CNCCC1CCN(C)CC1. The van der Waals surface area contributed by atoms with E-state index in [1.807, 2.05) is 0 Å². The Labute approximate surface area is 118 Å². The Morgan fingerprint density at radius 2 is 1.89 bits per heavy atom. The van der Waals surface area contributed by atoms with E-state index < -0.39 is 0 Å². The number of carbonyl (C=O) groups is 1. The molecule has 19 heavy (non-hydrogen) atoms. The molecule has 0 aromatic heterocycles. The molecule has 0 aromatic carbocycles. The summed E-state index contributed by atoms with van der Waals surface area (Å²) in [4.78, 5) is 14.1. The number of nitrogens with zero attached hydrogens (tertiary/aromatic N) is 1. The molecule has 4 heteroatoms. The maximum absolute atomic E-state index is 11.7. The number of rotatable bonds is 7. The monoisotopic (exact) mass is 269 g/mol. The van der Waals surface area contributed by atoms with Crippen LogP contribution in [0.5, 0.6) is 0 Å². The average molecular weight is 269 g/mol. The van der Waals surface area contributed by atoms with Gasteiger partial charge in [0.25, 0.3) is 0 Å². The number of amides is 1. The van der Waals surface area contributed by atoms with Gasteiger partial charge in [0.15, 0.2) is 0 Å². The maximum Gasteiger partial charge on any atom is 0.234 e. The zero-order valence-corrected chi connectivity index (χ0v) is 13.0. The van der Waals surface area contributed by atoms with Crippen molar-refractivity contribution in [1.82, 2.24) is 15.5 Å². The first-order chi connectivity index (χ1) is 8.99. The summed E-state index contributed by atoms with van der Waals surface area (Å²) in [5.74, 6) is 1.44. The van der Waals surface area contributed by atoms with Crippen LogP contribution in [0.4, 0.5) is 0 Å². The van der Waals surface area contributed by atoms with E-state index in [1.165, 1.54) is 32.4 Å². The van der Waals surface area contributed by atoms with Crippen molar-refractivity contribution >= 4 is 5.91 Å². The third-order valence-corrected chi connectivity index (χ3v) is 4.24. The lowest BCUT2D eigenvalue weighted by molar-refractivity contribution is -0.121. The standard InChI is InChI=1S/C15H31N3O/c1-12(2)13(3)17-15(19)11-16-8-5-14-6-9-18(4)10-7-14/h12-14,16H,5-11H2,1-4H3,(H,17,19). The van der Waals surface area contributed by atoms with Crippen molar-refractivity contribution in [2.24, 2.45) is 11.8 Å². The minimum Gasteiger partial charge on any atom is -0.352 e. The molecule has 0 aliphatic carbocycles. The van der Waals surface area contributed by atoms with Gasteiger partial charge in [-0.25, -0.2) is 0 Å². The zero-order valence-electron chi connectivity index (χ0n) is 13.0. The van der Waals surface area contributed by atoms with Gasteiger partial charge in [-0.2, -0.15) is 0 Å². The number of hydrogen-bond acceptors (Lipinski definition) is 3. The van der Waals surface area contributed by atoms with Crippen molar-refractivity contribution < 1.29 is 4.79 Å². The second-order valence-corrected chi connectivity index (χ2v) is 6.31. The van der Waals surface area contributed by atoms with E-state index in [9.17, 15) is 4.79 Å². The lowest BCUT2D eigenvalue weighted by atomic mass is 9.94. The van der Waals surface area contributed by atoms with Gasteiger partial charge in [-0.1, -0.05) is 13.8 Å². The summed E-state index contributed by atoms with van der Waals surface area (Å²) >= 11 is 0. The Kier molecular flexibility index (Phi) is 7.39. The number of piperidine rings is 1. The topological polar surface area (TPSA) is 44.4 Å². The molecular weight excluding hydrogens is 238 g/mol. The fourth-order valence-corrected chi connectivity index (χ4v) is 2.33. The van der Waals surface area contributed by atoms with Crippen LogP contribution in [-0.2, 0) is 4.79 Å². The molecule has 1 aliphatic heterocycles. The van der Waals surface area contributed by atoms with E-state index in [1.54, 1.807) is 0 Å². The molecule has 1 saturated heterocycles. The van der Waals surface area contributed by atoms with Crippen LogP contribution in [0.3, 0.4) is 0 Å². The molecule has 1 fully saturated rings. The van der Waals surface area contributed by atoms with E-state index in [2.05, 4.69) is 43.4 Å². The van der Waals surface area contributed by atoms with E-state index in [0.29, 0.717) is 12.5 Å². The summed E-state index contributed by atoms with van der Waals surface area (Å²) in [6, 6.07) is 0.253. The van der Waals surface area contributed by atoms with Crippen molar-refractivity contribution in [2.75, 3.05) is 33.2 Å². The van der Waals surface area contributed by atoms with E-state index in [-0.39, 0.29) is 11.9 Å². The molecule has 0 bridgehead atoms. The predicted octanol–water partition coefficient (Wildman–Crippen LogP) is 1.47. The summed E-state index contributed by atoms with van der Waals surface area (Å²) in [5.41, 5.74) is 0. The highest BCUT2D eigenvalue weighted by atomic mass is 16.1. The number of likely N-dealkylation sites (tertiary alicyclic amines) is 1. The maximum atomic E-state index is 11.7. The van der Waals surface area contributed by atoms with Gasteiger partial charge < -0.3 is 15.5 Å². The summed E-state index contributed by atoms with van der Waals surface area (Å²) in [7, 11) is 2.19. The van der Waals surface area contributed by atoms with Crippen molar-refractivity contribution in [2.45, 2.75) is 46.1 Å². The molecule has 0 radical (unpaired) electrons. The Bertz CT molecular complexity index is 260. The van der Waals surface area contributed by atoms with Gasteiger partial charge in [0.05, 0.1) is 6.54 Å². The van der Waals surface area contributed by atoms with Crippen LogP contribution in [-0.4, -0.2) is 50.1 Å². The van der Waals surface area contributed by atoms with Gasteiger partial charge in [-0.3, -0.25) is 4.79 Å². The fraction of sp³-hybridized carbons (Fsp3) is 0.933. The quantitative estimate of drug-likeness (QED) is 0.688. The fourth-order valence-electron chi connectivity index (χ4n) is 2.33. The molecule has 1 aliphatic rings. The molecule has 1 unspecified atom stereocenters. The molecule has 1 amide bonds. The number of nitrogens with one attached hydrogen (secondary N) is 2. The minimum absolute atomic E-state index is 0.115. The van der Waals surface area contributed by atoms with Crippen LogP contribution in [0.2, 0.25) is 0 Å². The summed E-state index contributed by atoms with van der Waals surface area (Å²) < 4.78 is 0. The highest BCUT2D eigenvalue weighted by Gasteiger charge is 2.16. The van der Waals surface area contributed by atoms with Crippen molar-refractivity contribution in [3.63, 3.8) is 0 Å². The van der Waals surface area contributed by atoms with Crippen molar-refractivity contribution in [3.8, 4) is 0 Å². The Balaban J connectivity index is 2.02. The average Bonchev–Trinajstić information content (AvgIpc) is 2.36. The Hall–Kier alpha value is -0.610. The van der Waals surface area contributed by atoms with Gasteiger partial charge in [0.1, 0.15) is 0 Å². The number of carbonyl (C=O) groups excluding carboxylic acids is 1. The van der Waals surface area contributed by atoms with Crippen molar-refractivity contribution in [1.29, 1.82) is 0 Å². The van der Waals surface area contributed by atoms with E-state index in [4.69, 9.17) is 0 Å². The molecule has 0 spiro atoms. The Morgan fingerprint density at radius 3 is 2.47 bits per heavy atom. The van der Waals surface area contributed by atoms with Crippen LogP contribution < -0.4 is 10.6 Å². The second-order valence-electron chi connectivity index (χ2n) is 6.31. The van der Waals surface area contributed by atoms with Gasteiger partial charge in [-0.05, 0) is 64.7 Å². The van der Waals surface area contributed by atoms with Gasteiger partial charge >= 0.3 is 0 Å². The predicted molar refractivity (Wildman–Crippen MR) is 80.2 cm³/mol. The van der Waals surface area contributed by atoms with Crippen molar-refractivity contribution in [3.05, 3.63) is 0 Å². The zero-order chi connectivity index (χ0) is 14.3. The highest BCUT2D eigenvalue weighted by Crippen LogP contribution is 2.18. The number of hydrogen-bond donors (Lipinski definition) is 2. The van der Waals surface area contributed by atoms with Crippen LogP contribution in [0.25, 0.3) is 0 Å². The third kappa shape index (κ3) is 6.92. The van der Waals surface area contributed by atoms with E-state index in [0.717, 1.165) is 12.5 Å². The highest BCUT2D eigenvalue weighted by molar-refractivity contribution is 5.78. The normalized spacial score (nSPS) is 19.6. The minimum atomic E-state index is 0.115. The lowest BCUT2D eigenvalue weighted by Crippen LogP contribution is -2.41. The largest absolute Gasteiger partial charge is 0.352 e. The van der Waals surface area contributed by atoms with Crippen LogP contribution in [0, 0.1) is 11.8 Å². The molecular formula is C15H31N3O. The molecule has 1 rings (SSSR count). The molecule has 4 nitrogen and oxygen atoms in total. The molecule has 0 aromatic rings. The molecule has 2 N–H and O–H groups in total. The molecule has 1 heterocycles. The van der Waals surface area contributed by atoms with Crippen LogP contribution >= 0.6 is 0 Å². The third-order valence-electron chi connectivity index (χ3n) is 4.24. The molecule has 1 atom stereocenters. The van der Waals surface area contributed by atoms with Crippen LogP contribution in [0.1, 0.15) is 40.0 Å². The van der Waals surface area contributed by atoms with Gasteiger partial charge in [0, 0.05) is 6.04 Å². The van der Waals surface area contributed by atoms with Crippen LogP contribution in [0.15, 0.2) is 0 Å². The second kappa shape index (κ2) is 8.54. The summed E-state index contributed by atoms with van der Waals surface area (Å²) in [6.45, 7) is 10.1. The van der Waals surface area contributed by atoms with Gasteiger partial charge in [-0.15, -0.1) is 0 Å². The lowest BCUT2D eigenvalue weighted by Gasteiger charge is -2.28.